The van der Waals surface area contributed by atoms with Crippen LogP contribution in [0.25, 0.3) is 11.1 Å². The van der Waals surface area contributed by atoms with Crippen molar-refractivity contribution in [3.05, 3.63) is 94.0 Å². The van der Waals surface area contributed by atoms with Gasteiger partial charge in [-0.25, -0.2) is 4.79 Å². The van der Waals surface area contributed by atoms with E-state index in [1.165, 1.54) is 22.3 Å². The first-order valence-electron chi connectivity index (χ1n) is 12.8. The van der Waals surface area contributed by atoms with Gasteiger partial charge < -0.3 is 14.7 Å². The van der Waals surface area contributed by atoms with Crippen molar-refractivity contribution in [2.75, 3.05) is 6.61 Å². The number of piperidine rings is 1. The number of fused-ring (bicyclic) bond motifs is 5. The summed E-state index contributed by atoms with van der Waals surface area (Å²) in [7, 11) is 0. The van der Waals surface area contributed by atoms with Crippen LogP contribution in [0, 0.1) is 25.2 Å². The van der Waals surface area contributed by atoms with E-state index in [2.05, 4.69) is 30.3 Å². The highest BCUT2D eigenvalue weighted by Crippen LogP contribution is 2.48. The van der Waals surface area contributed by atoms with Crippen molar-refractivity contribution in [2.45, 2.75) is 63.1 Å². The van der Waals surface area contributed by atoms with Gasteiger partial charge in [0.15, 0.2) is 0 Å². The second-order valence-corrected chi connectivity index (χ2v) is 10.6. The Morgan fingerprint density at radius 3 is 2.06 bits per heavy atom. The van der Waals surface area contributed by atoms with Crippen LogP contribution in [0.5, 0.6) is 0 Å². The van der Waals surface area contributed by atoms with Crippen LogP contribution in [0.2, 0.25) is 0 Å². The lowest BCUT2D eigenvalue weighted by molar-refractivity contribution is -0.0538. The van der Waals surface area contributed by atoms with Crippen LogP contribution in [0.15, 0.2) is 60.7 Å². The van der Waals surface area contributed by atoms with Crippen molar-refractivity contribution in [1.29, 1.82) is 5.26 Å². The molecule has 6 rings (SSSR count). The average molecular weight is 479 g/mol. The molecule has 2 aliphatic heterocycles. The van der Waals surface area contributed by atoms with E-state index in [0.717, 1.165) is 29.5 Å². The Morgan fingerprint density at radius 1 is 1.00 bits per heavy atom. The zero-order chi connectivity index (χ0) is 25.0. The largest absolute Gasteiger partial charge is 0.448 e. The first-order chi connectivity index (χ1) is 17.4. The van der Waals surface area contributed by atoms with Gasteiger partial charge in [-0.3, -0.25) is 0 Å². The summed E-state index contributed by atoms with van der Waals surface area (Å²) in [6.45, 7) is 4.23. The maximum absolute atomic E-state index is 13.4. The lowest BCUT2D eigenvalue weighted by Gasteiger charge is -2.44. The van der Waals surface area contributed by atoms with E-state index in [1.54, 1.807) is 0 Å². The van der Waals surface area contributed by atoms with Crippen LogP contribution >= 0.6 is 0 Å². The van der Waals surface area contributed by atoms with Gasteiger partial charge in [-0.05, 0) is 77.8 Å². The number of carbonyl (C=O) groups is 1. The van der Waals surface area contributed by atoms with Gasteiger partial charge in [0, 0.05) is 30.8 Å². The molecule has 1 N–H and O–H groups in total. The number of aryl methyl sites for hydroxylation is 2. The van der Waals surface area contributed by atoms with E-state index in [9.17, 15) is 15.2 Å². The summed E-state index contributed by atoms with van der Waals surface area (Å²) >= 11 is 0. The smallest absolute Gasteiger partial charge is 0.410 e. The molecule has 2 heterocycles. The quantitative estimate of drug-likeness (QED) is 0.506. The molecule has 3 aromatic rings. The molecule has 36 heavy (non-hydrogen) atoms. The molecule has 3 aromatic carbocycles. The number of ether oxygens (including phenoxy) is 1. The second kappa shape index (κ2) is 8.50. The summed E-state index contributed by atoms with van der Waals surface area (Å²) in [4.78, 5) is 15.3. The van der Waals surface area contributed by atoms with Crippen LogP contribution in [0.1, 0.15) is 65.0 Å². The van der Waals surface area contributed by atoms with E-state index in [0.29, 0.717) is 25.0 Å². The fourth-order valence-electron chi connectivity index (χ4n) is 7.16. The number of carbonyl (C=O) groups excluding carboxylic acids is 1. The van der Waals surface area contributed by atoms with Crippen LogP contribution in [-0.4, -0.2) is 34.8 Å². The molecule has 2 unspecified atom stereocenters. The minimum Gasteiger partial charge on any atom is -0.448 e. The van der Waals surface area contributed by atoms with E-state index in [-0.39, 0.29) is 24.1 Å². The number of amides is 1. The molecule has 2 bridgehead atoms. The third kappa shape index (κ3) is 3.51. The van der Waals surface area contributed by atoms with Gasteiger partial charge in [-0.2, -0.15) is 5.26 Å². The van der Waals surface area contributed by atoms with Gasteiger partial charge in [-0.1, -0.05) is 48.5 Å². The van der Waals surface area contributed by atoms with Crippen molar-refractivity contribution < 1.29 is 14.6 Å². The van der Waals surface area contributed by atoms with Crippen LogP contribution in [0.4, 0.5) is 4.79 Å². The monoisotopic (exact) mass is 478 g/mol. The van der Waals surface area contributed by atoms with E-state index >= 15 is 0 Å². The van der Waals surface area contributed by atoms with Crippen molar-refractivity contribution in [3.63, 3.8) is 0 Å². The highest BCUT2D eigenvalue weighted by atomic mass is 16.6. The number of rotatable bonds is 3. The predicted octanol–water partition coefficient (Wildman–Crippen LogP) is 5.94. The van der Waals surface area contributed by atoms with E-state index < -0.39 is 5.60 Å². The van der Waals surface area contributed by atoms with E-state index in [4.69, 9.17) is 4.74 Å². The highest BCUT2D eigenvalue weighted by molar-refractivity contribution is 5.79. The minimum absolute atomic E-state index is 0.0321. The van der Waals surface area contributed by atoms with Crippen LogP contribution in [0.3, 0.4) is 0 Å². The topological polar surface area (TPSA) is 73.6 Å². The van der Waals surface area contributed by atoms with Gasteiger partial charge in [0.25, 0.3) is 0 Å². The summed E-state index contributed by atoms with van der Waals surface area (Å²) in [5.74, 6) is 0.0321. The molecule has 182 valence electrons. The van der Waals surface area contributed by atoms with Crippen molar-refractivity contribution in [1.82, 2.24) is 4.90 Å². The van der Waals surface area contributed by atoms with Gasteiger partial charge in [0.05, 0.1) is 17.2 Å². The molecule has 3 aliphatic rings. The number of benzene rings is 3. The fourth-order valence-corrected chi connectivity index (χ4v) is 7.16. The molecule has 0 spiro atoms. The molecule has 1 amide bonds. The molecule has 5 nitrogen and oxygen atoms in total. The zero-order valence-electron chi connectivity index (χ0n) is 20.7. The van der Waals surface area contributed by atoms with Gasteiger partial charge in [0.1, 0.15) is 6.61 Å². The molecule has 2 fully saturated rings. The Bertz CT molecular complexity index is 1320. The fraction of sp³-hybridized carbons (Fsp3) is 0.355. The SMILES string of the molecule is Cc1cc(C#N)cc(C)c1C1(O)CC2CCC(C1)N2C(=O)OCC1c2ccccc2-c2ccccc21. The lowest BCUT2D eigenvalue weighted by Crippen LogP contribution is -2.52. The van der Waals surface area contributed by atoms with E-state index in [1.807, 2.05) is 55.1 Å². The first-order valence-corrected chi connectivity index (χ1v) is 12.8. The summed E-state index contributed by atoms with van der Waals surface area (Å²) in [5, 5.41) is 21.1. The van der Waals surface area contributed by atoms with Crippen molar-refractivity contribution in [2.24, 2.45) is 0 Å². The summed E-state index contributed by atoms with van der Waals surface area (Å²) in [6, 6.07) is 22.5. The molecular formula is C31H30N2O3. The minimum atomic E-state index is -1.01. The third-order valence-electron chi connectivity index (χ3n) is 8.44. The zero-order valence-corrected chi connectivity index (χ0v) is 20.7. The third-order valence-corrected chi connectivity index (χ3v) is 8.44. The summed E-state index contributed by atoms with van der Waals surface area (Å²) in [5.41, 5.74) is 7.21. The number of hydrogen-bond donors (Lipinski definition) is 1. The highest BCUT2D eigenvalue weighted by Gasteiger charge is 2.51. The second-order valence-electron chi connectivity index (χ2n) is 10.6. The molecule has 0 saturated carbocycles. The van der Waals surface area contributed by atoms with Gasteiger partial charge in [-0.15, -0.1) is 0 Å². The Labute approximate surface area is 211 Å². The van der Waals surface area contributed by atoms with Crippen molar-refractivity contribution >= 4 is 6.09 Å². The Morgan fingerprint density at radius 2 is 1.53 bits per heavy atom. The molecule has 1 aliphatic carbocycles. The summed E-state index contributed by atoms with van der Waals surface area (Å²) in [6.07, 6.45) is 2.43. The molecule has 0 radical (unpaired) electrons. The lowest BCUT2D eigenvalue weighted by atomic mass is 9.76. The number of nitriles is 1. The maximum atomic E-state index is 13.4. The predicted molar refractivity (Wildman–Crippen MR) is 137 cm³/mol. The van der Waals surface area contributed by atoms with Crippen LogP contribution in [-0.2, 0) is 10.3 Å². The van der Waals surface area contributed by atoms with Gasteiger partial charge in [0.2, 0.25) is 0 Å². The normalized spacial score (nSPS) is 24.2. The average Bonchev–Trinajstić information content (AvgIpc) is 3.34. The Kier molecular flexibility index (Phi) is 5.39. The molecule has 2 saturated heterocycles. The molecular weight excluding hydrogens is 448 g/mol. The first kappa shape index (κ1) is 22.8. The molecule has 0 aromatic heterocycles. The molecule has 2 atom stereocenters. The number of aliphatic hydroxyl groups is 1. The molecule has 5 heteroatoms. The standard InChI is InChI=1S/C31H30N2O3/c1-19-13-21(17-32)14-20(2)29(19)31(35)15-22-11-12-23(16-31)33(22)30(34)36-18-28-26-9-5-3-7-24(26)25-8-4-6-10-27(25)28/h3-10,13-14,22-23,28,35H,11-12,15-16,18H2,1-2H3. The van der Waals surface area contributed by atoms with Crippen LogP contribution < -0.4 is 0 Å². The number of nitrogens with zero attached hydrogens (tertiary/aromatic N) is 2. The maximum Gasteiger partial charge on any atom is 0.410 e. The van der Waals surface area contributed by atoms with Crippen molar-refractivity contribution in [3.8, 4) is 17.2 Å². The Hall–Kier alpha value is -3.62. The Balaban J connectivity index is 1.20. The summed E-state index contributed by atoms with van der Waals surface area (Å²) < 4.78 is 5.98. The van der Waals surface area contributed by atoms with Gasteiger partial charge >= 0.3 is 6.09 Å². The number of hydrogen-bond acceptors (Lipinski definition) is 4.